The molecule has 0 unspecified atom stereocenters. The van der Waals surface area contributed by atoms with E-state index in [0.717, 1.165) is 16.2 Å². The Morgan fingerprint density at radius 2 is 1.57 bits per heavy atom. The first kappa shape index (κ1) is 17.6. The van der Waals surface area contributed by atoms with Gasteiger partial charge in [0.2, 0.25) is 0 Å². The van der Waals surface area contributed by atoms with E-state index in [1.54, 1.807) is 25.1 Å². The van der Waals surface area contributed by atoms with Crippen LogP contribution in [-0.2, 0) is 4.79 Å². The van der Waals surface area contributed by atoms with E-state index < -0.39 is 17.9 Å². The van der Waals surface area contributed by atoms with Gasteiger partial charge in [0.25, 0.3) is 5.91 Å². The van der Waals surface area contributed by atoms with Gasteiger partial charge in [-0.15, -0.1) is 0 Å². The summed E-state index contributed by atoms with van der Waals surface area (Å²) in [6.45, 7) is 1.61. The zero-order valence-electron chi connectivity index (χ0n) is 15.1. The molecule has 2 amide bonds. The summed E-state index contributed by atoms with van der Waals surface area (Å²) in [5, 5.41) is 2.92. The number of benzene rings is 3. The topological polar surface area (TPSA) is 80.6 Å². The van der Waals surface area contributed by atoms with Crippen molar-refractivity contribution >= 4 is 33.6 Å². The van der Waals surface area contributed by atoms with E-state index in [0.29, 0.717) is 11.3 Å². The molecule has 4 rings (SSSR count). The first-order valence-corrected chi connectivity index (χ1v) is 8.84. The fraction of sp³-hybridized carbons (Fsp3) is 0.0909. The second kappa shape index (κ2) is 7.44. The van der Waals surface area contributed by atoms with Gasteiger partial charge in [0.15, 0.2) is 11.9 Å². The molecule has 0 aliphatic carbocycles. The third-order valence-corrected chi connectivity index (χ3v) is 4.35. The van der Waals surface area contributed by atoms with E-state index in [2.05, 4.69) is 10.9 Å². The third-order valence-electron chi connectivity index (χ3n) is 4.35. The van der Waals surface area contributed by atoms with Crippen LogP contribution in [0.3, 0.4) is 0 Å². The van der Waals surface area contributed by atoms with E-state index in [1.807, 2.05) is 54.6 Å². The Morgan fingerprint density at radius 3 is 2.36 bits per heavy atom. The SMILES string of the molecule is C[C@H](Oc1ccc2ccccc2c1)C(=O)NNC(=O)c1cc2ccccc2o1. The number of fused-ring (bicyclic) bond motifs is 2. The van der Waals surface area contributed by atoms with Gasteiger partial charge in [-0.3, -0.25) is 20.4 Å². The van der Waals surface area contributed by atoms with Crippen molar-refractivity contribution in [3.63, 3.8) is 0 Å². The number of ether oxygens (including phenoxy) is 1. The Labute approximate surface area is 161 Å². The molecular weight excluding hydrogens is 356 g/mol. The molecule has 0 spiro atoms. The highest BCUT2D eigenvalue weighted by Crippen LogP contribution is 2.21. The Morgan fingerprint density at radius 1 is 0.857 bits per heavy atom. The summed E-state index contributed by atoms with van der Waals surface area (Å²) in [5.41, 5.74) is 5.31. The van der Waals surface area contributed by atoms with Gasteiger partial charge in [0.05, 0.1) is 0 Å². The second-order valence-electron chi connectivity index (χ2n) is 6.36. The quantitative estimate of drug-likeness (QED) is 0.532. The molecule has 2 N–H and O–H groups in total. The predicted molar refractivity (Wildman–Crippen MR) is 106 cm³/mol. The smallest absolute Gasteiger partial charge is 0.305 e. The number of carbonyl (C=O) groups is 2. The minimum atomic E-state index is -0.794. The van der Waals surface area contributed by atoms with Crippen molar-refractivity contribution in [3.8, 4) is 5.75 Å². The molecule has 1 atom stereocenters. The van der Waals surface area contributed by atoms with Gasteiger partial charge in [-0.05, 0) is 42.0 Å². The van der Waals surface area contributed by atoms with Crippen LogP contribution in [0.5, 0.6) is 5.75 Å². The molecule has 0 fully saturated rings. The molecule has 0 radical (unpaired) electrons. The summed E-state index contributed by atoms with van der Waals surface area (Å²) in [7, 11) is 0. The number of hydrogen-bond donors (Lipinski definition) is 2. The number of rotatable bonds is 4. The summed E-state index contributed by atoms with van der Waals surface area (Å²) < 4.78 is 11.1. The van der Waals surface area contributed by atoms with Crippen LogP contribution in [0.1, 0.15) is 17.5 Å². The maximum absolute atomic E-state index is 12.2. The predicted octanol–water partition coefficient (Wildman–Crippen LogP) is 3.81. The number of furan rings is 1. The van der Waals surface area contributed by atoms with Gasteiger partial charge in [-0.25, -0.2) is 0 Å². The largest absolute Gasteiger partial charge is 0.481 e. The van der Waals surface area contributed by atoms with Crippen molar-refractivity contribution in [2.45, 2.75) is 13.0 Å². The normalized spacial score (nSPS) is 11.9. The van der Waals surface area contributed by atoms with Gasteiger partial charge in [0, 0.05) is 5.39 Å². The number of hydrogen-bond acceptors (Lipinski definition) is 4. The van der Waals surface area contributed by atoms with E-state index >= 15 is 0 Å². The molecular formula is C22H18N2O4. The lowest BCUT2D eigenvalue weighted by Crippen LogP contribution is -2.47. The van der Waals surface area contributed by atoms with Crippen molar-refractivity contribution in [2.75, 3.05) is 0 Å². The Hall–Kier alpha value is -3.80. The Bertz CT molecular complexity index is 1130. The zero-order chi connectivity index (χ0) is 19.5. The Balaban J connectivity index is 1.36. The molecule has 1 aromatic heterocycles. The van der Waals surface area contributed by atoms with Crippen LogP contribution in [-0.4, -0.2) is 17.9 Å². The highest BCUT2D eigenvalue weighted by atomic mass is 16.5. The monoisotopic (exact) mass is 374 g/mol. The van der Waals surface area contributed by atoms with Gasteiger partial charge in [0.1, 0.15) is 11.3 Å². The number of amides is 2. The number of carbonyl (C=O) groups excluding carboxylic acids is 2. The molecule has 28 heavy (non-hydrogen) atoms. The zero-order valence-corrected chi connectivity index (χ0v) is 15.1. The molecule has 4 aromatic rings. The van der Waals surface area contributed by atoms with Crippen LogP contribution in [0.4, 0.5) is 0 Å². The van der Waals surface area contributed by atoms with E-state index in [4.69, 9.17) is 9.15 Å². The minimum Gasteiger partial charge on any atom is -0.481 e. The second-order valence-corrected chi connectivity index (χ2v) is 6.36. The number of nitrogens with one attached hydrogen (secondary N) is 2. The molecule has 0 saturated heterocycles. The van der Waals surface area contributed by atoms with Crippen LogP contribution in [0.2, 0.25) is 0 Å². The molecule has 0 bridgehead atoms. The van der Waals surface area contributed by atoms with Crippen LogP contribution in [0, 0.1) is 0 Å². The molecule has 6 nitrogen and oxygen atoms in total. The molecule has 0 aliphatic heterocycles. The van der Waals surface area contributed by atoms with Gasteiger partial charge in [-0.2, -0.15) is 0 Å². The lowest BCUT2D eigenvalue weighted by Gasteiger charge is -2.15. The number of hydrazine groups is 1. The fourth-order valence-electron chi connectivity index (χ4n) is 2.87. The van der Waals surface area contributed by atoms with Crippen molar-refractivity contribution in [3.05, 3.63) is 78.6 Å². The van der Waals surface area contributed by atoms with Gasteiger partial charge >= 0.3 is 5.91 Å². The molecule has 6 heteroatoms. The van der Waals surface area contributed by atoms with Crippen LogP contribution >= 0.6 is 0 Å². The van der Waals surface area contributed by atoms with Crippen molar-refractivity contribution in [1.82, 2.24) is 10.9 Å². The molecule has 0 aliphatic rings. The van der Waals surface area contributed by atoms with Crippen molar-refractivity contribution in [1.29, 1.82) is 0 Å². The molecule has 3 aromatic carbocycles. The van der Waals surface area contributed by atoms with Gasteiger partial charge in [-0.1, -0.05) is 48.5 Å². The molecule has 0 saturated carbocycles. The van der Waals surface area contributed by atoms with Crippen molar-refractivity contribution in [2.24, 2.45) is 0 Å². The average Bonchev–Trinajstić information content (AvgIpc) is 3.16. The summed E-state index contributed by atoms with van der Waals surface area (Å²) in [6, 6.07) is 22.4. The van der Waals surface area contributed by atoms with E-state index in [1.165, 1.54) is 0 Å². The van der Waals surface area contributed by atoms with E-state index in [-0.39, 0.29) is 5.76 Å². The standard InChI is InChI=1S/C22H18N2O4/c1-14(27-18-11-10-15-6-2-3-7-16(15)12-18)21(25)23-24-22(26)20-13-17-8-4-5-9-19(17)28-20/h2-14H,1H3,(H,23,25)(H,24,26)/t14-/m0/s1. The third kappa shape index (κ3) is 3.66. The van der Waals surface area contributed by atoms with Crippen molar-refractivity contribution < 1.29 is 18.7 Å². The van der Waals surface area contributed by atoms with E-state index in [9.17, 15) is 9.59 Å². The molecule has 140 valence electrons. The first-order chi connectivity index (χ1) is 13.6. The summed E-state index contributed by atoms with van der Waals surface area (Å²) in [6.07, 6.45) is -0.794. The van der Waals surface area contributed by atoms with Crippen LogP contribution in [0.15, 0.2) is 77.2 Å². The first-order valence-electron chi connectivity index (χ1n) is 8.84. The highest BCUT2D eigenvalue weighted by molar-refractivity contribution is 5.97. The molecule has 1 heterocycles. The average molecular weight is 374 g/mol. The fourth-order valence-corrected chi connectivity index (χ4v) is 2.87. The minimum absolute atomic E-state index is 0.115. The van der Waals surface area contributed by atoms with Crippen LogP contribution in [0.25, 0.3) is 21.7 Å². The Kier molecular flexibility index (Phi) is 4.68. The summed E-state index contributed by atoms with van der Waals surface area (Å²) in [4.78, 5) is 24.4. The maximum Gasteiger partial charge on any atom is 0.305 e. The number of para-hydroxylation sites is 1. The summed E-state index contributed by atoms with van der Waals surface area (Å²) in [5.74, 6) is -0.324. The van der Waals surface area contributed by atoms with Crippen LogP contribution < -0.4 is 15.6 Å². The summed E-state index contributed by atoms with van der Waals surface area (Å²) >= 11 is 0. The highest BCUT2D eigenvalue weighted by Gasteiger charge is 2.17. The maximum atomic E-state index is 12.2. The van der Waals surface area contributed by atoms with Gasteiger partial charge < -0.3 is 9.15 Å². The lowest BCUT2D eigenvalue weighted by molar-refractivity contribution is -0.128. The lowest BCUT2D eigenvalue weighted by atomic mass is 10.1.